The van der Waals surface area contributed by atoms with Crippen molar-refractivity contribution < 1.29 is 8.42 Å². The first-order valence-electron chi connectivity index (χ1n) is 8.71. The quantitative estimate of drug-likeness (QED) is 0.843. The van der Waals surface area contributed by atoms with Gasteiger partial charge < -0.3 is 0 Å². The molecule has 2 saturated heterocycles. The van der Waals surface area contributed by atoms with Crippen molar-refractivity contribution in [1.29, 1.82) is 5.26 Å². The summed E-state index contributed by atoms with van der Waals surface area (Å²) in [4.78, 5) is 2.73. The van der Waals surface area contributed by atoms with Crippen LogP contribution >= 0.6 is 0 Å². The van der Waals surface area contributed by atoms with Crippen LogP contribution in [0.25, 0.3) is 0 Å². The molecule has 3 rings (SSSR count). The molecule has 0 unspecified atom stereocenters. The zero-order valence-electron chi connectivity index (χ0n) is 14.4. The second-order valence-corrected chi connectivity index (χ2v) is 8.96. The van der Waals surface area contributed by atoms with Gasteiger partial charge in [0, 0.05) is 31.2 Å². The van der Waals surface area contributed by atoms with E-state index in [0.29, 0.717) is 36.8 Å². The molecule has 1 aromatic carbocycles. The molecule has 0 bridgehead atoms. The Balaban J connectivity index is 1.82. The van der Waals surface area contributed by atoms with Gasteiger partial charge in [-0.25, -0.2) is 8.42 Å². The van der Waals surface area contributed by atoms with Gasteiger partial charge in [0.05, 0.1) is 16.5 Å². The molecular weight excluding hydrogens is 322 g/mol. The van der Waals surface area contributed by atoms with Crippen LogP contribution in [0.5, 0.6) is 0 Å². The van der Waals surface area contributed by atoms with Gasteiger partial charge in [-0.2, -0.15) is 9.57 Å². The van der Waals surface area contributed by atoms with Crippen LogP contribution in [-0.4, -0.2) is 48.8 Å². The smallest absolute Gasteiger partial charge is 0.243 e. The minimum atomic E-state index is -3.54. The Labute approximate surface area is 144 Å². The zero-order valence-corrected chi connectivity index (χ0v) is 15.2. The second kappa shape index (κ2) is 6.83. The summed E-state index contributed by atoms with van der Waals surface area (Å²) in [6, 6.07) is 9.68. The number of nitriles is 1. The molecule has 24 heavy (non-hydrogen) atoms. The van der Waals surface area contributed by atoms with Gasteiger partial charge in [0.2, 0.25) is 10.0 Å². The second-order valence-electron chi connectivity index (χ2n) is 7.02. The zero-order chi connectivity index (χ0) is 17.3. The standard InChI is InChI=1S/C18H25N3O2S/c1-14-8-9-15(2)21(14)17-6-4-10-20(13-17)24(22,23)18-7-3-5-16(11-18)12-19/h3,5,7,11,14-15,17H,4,6,8-10,13H2,1-2H3/t14-,15+,17-/m0/s1. The highest BCUT2D eigenvalue weighted by molar-refractivity contribution is 7.89. The van der Waals surface area contributed by atoms with E-state index in [-0.39, 0.29) is 4.90 Å². The lowest BCUT2D eigenvalue weighted by Gasteiger charge is -2.41. The largest absolute Gasteiger partial charge is 0.294 e. The number of hydrogen-bond donors (Lipinski definition) is 0. The molecule has 130 valence electrons. The van der Waals surface area contributed by atoms with E-state index >= 15 is 0 Å². The molecule has 2 aliphatic rings. The van der Waals surface area contributed by atoms with Crippen LogP contribution in [0.4, 0.5) is 0 Å². The van der Waals surface area contributed by atoms with E-state index in [4.69, 9.17) is 5.26 Å². The van der Waals surface area contributed by atoms with E-state index in [1.165, 1.54) is 18.9 Å². The Morgan fingerprint density at radius 1 is 1.17 bits per heavy atom. The van der Waals surface area contributed by atoms with Crippen LogP contribution in [0.1, 0.15) is 45.1 Å². The molecule has 0 N–H and O–H groups in total. The van der Waals surface area contributed by atoms with Crippen molar-refractivity contribution in [2.24, 2.45) is 0 Å². The van der Waals surface area contributed by atoms with Gasteiger partial charge in [0.15, 0.2) is 0 Å². The number of sulfonamides is 1. The van der Waals surface area contributed by atoms with Gasteiger partial charge in [-0.05, 0) is 57.7 Å². The number of nitrogens with zero attached hydrogens (tertiary/aromatic N) is 3. The first kappa shape index (κ1) is 17.4. The van der Waals surface area contributed by atoms with Crippen molar-refractivity contribution in [3.63, 3.8) is 0 Å². The number of likely N-dealkylation sites (tertiary alicyclic amines) is 1. The number of benzene rings is 1. The van der Waals surface area contributed by atoms with Crippen LogP contribution in [0.2, 0.25) is 0 Å². The molecule has 3 atom stereocenters. The monoisotopic (exact) mass is 347 g/mol. The van der Waals surface area contributed by atoms with Crippen LogP contribution in [0, 0.1) is 11.3 Å². The predicted molar refractivity (Wildman–Crippen MR) is 92.9 cm³/mol. The van der Waals surface area contributed by atoms with Crippen LogP contribution in [0.15, 0.2) is 29.2 Å². The normalized spacial score (nSPS) is 29.5. The van der Waals surface area contributed by atoms with Gasteiger partial charge in [-0.15, -0.1) is 0 Å². The van der Waals surface area contributed by atoms with Crippen molar-refractivity contribution >= 4 is 10.0 Å². The van der Waals surface area contributed by atoms with Gasteiger partial charge >= 0.3 is 0 Å². The fraction of sp³-hybridized carbons (Fsp3) is 0.611. The van der Waals surface area contributed by atoms with Crippen LogP contribution in [-0.2, 0) is 10.0 Å². The Kier molecular flexibility index (Phi) is 4.95. The van der Waals surface area contributed by atoms with Crippen LogP contribution in [0.3, 0.4) is 0 Å². The number of rotatable bonds is 3. The maximum absolute atomic E-state index is 13.0. The van der Waals surface area contributed by atoms with E-state index in [1.54, 1.807) is 22.5 Å². The molecule has 0 amide bonds. The molecule has 0 aromatic heterocycles. The molecule has 0 saturated carbocycles. The third-order valence-electron chi connectivity index (χ3n) is 5.40. The molecule has 0 aliphatic carbocycles. The Hall–Kier alpha value is -1.42. The summed E-state index contributed by atoms with van der Waals surface area (Å²) >= 11 is 0. The molecule has 1 aromatic rings. The Morgan fingerprint density at radius 2 is 1.88 bits per heavy atom. The van der Waals surface area contributed by atoms with E-state index in [0.717, 1.165) is 12.8 Å². The Bertz CT molecular complexity index is 731. The number of piperidine rings is 1. The SMILES string of the molecule is C[C@@H]1CC[C@H](C)N1[C@H]1CCCN(S(=O)(=O)c2cccc(C#N)c2)C1. The molecule has 0 spiro atoms. The average Bonchev–Trinajstić information content (AvgIpc) is 2.93. The van der Waals surface area contributed by atoms with Gasteiger partial charge in [0.1, 0.15) is 0 Å². The fourth-order valence-electron chi connectivity index (χ4n) is 4.19. The predicted octanol–water partition coefficient (Wildman–Crippen LogP) is 2.58. The molecule has 2 aliphatic heterocycles. The molecule has 2 heterocycles. The molecule has 0 radical (unpaired) electrons. The lowest BCUT2D eigenvalue weighted by atomic mass is 10.0. The van der Waals surface area contributed by atoms with Gasteiger partial charge in [0.25, 0.3) is 0 Å². The fourth-order valence-corrected chi connectivity index (χ4v) is 5.75. The topological polar surface area (TPSA) is 64.4 Å². The van der Waals surface area contributed by atoms with E-state index < -0.39 is 10.0 Å². The summed E-state index contributed by atoms with van der Waals surface area (Å²) in [5, 5.41) is 9.02. The lowest BCUT2D eigenvalue weighted by molar-refractivity contribution is 0.0979. The summed E-state index contributed by atoms with van der Waals surface area (Å²) in [5.74, 6) is 0. The van der Waals surface area contributed by atoms with Crippen molar-refractivity contribution in [3.05, 3.63) is 29.8 Å². The summed E-state index contributed by atoms with van der Waals surface area (Å²) in [5.41, 5.74) is 0.381. The van der Waals surface area contributed by atoms with Crippen LogP contribution < -0.4 is 0 Å². The van der Waals surface area contributed by atoms with Crippen molar-refractivity contribution in [3.8, 4) is 6.07 Å². The highest BCUT2D eigenvalue weighted by Gasteiger charge is 2.38. The minimum absolute atomic E-state index is 0.227. The summed E-state index contributed by atoms with van der Waals surface area (Å²) < 4.78 is 27.6. The Morgan fingerprint density at radius 3 is 2.54 bits per heavy atom. The molecule has 6 heteroatoms. The molecule has 5 nitrogen and oxygen atoms in total. The minimum Gasteiger partial charge on any atom is -0.294 e. The summed E-state index contributed by atoms with van der Waals surface area (Å²) in [7, 11) is -3.54. The highest BCUT2D eigenvalue weighted by atomic mass is 32.2. The lowest BCUT2D eigenvalue weighted by Crippen LogP contribution is -2.52. The maximum atomic E-state index is 13.0. The summed E-state index contributed by atoms with van der Waals surface area (Å²) in [6.07, 6.45) is 4.32. The van der Waals surface area contributed by atoms with Crippen molar-refractivity contribution in [2.45, 2.75) is 62.6 Å². The highest BCUT2D eigenvalue weighted by Crippen LogP contribution is 2.31. The maximum Gasteiger partial charge on any atom is 0.243 e. The first-order chi connectivity index (χ1) is 11.4. The first-order valence-corrected chi connectivity index (χ1v) is 10.1. The summed E-state index contributed by atoms with van der Waals surface area (Å²) in [6.45, 7) is 5.60. The third-order valence-corrected chi connectivity index (χ3v) is 7.26. The van der Waals surface area contributed by atoms with E-state index in [9.17, 15) is 8.42 Å². The van der Waals surface area contributed by atoms with Gasteiger partial charge in [-0.1, -0.05) is 6.07 Å². The number of hydrogen-bond acceptors (Lipinski definition) is 4. The van der Waals surface area contributed by atoms with Crippen molar-refractivity contribution in [2.75, 3.05) is 13.1 Å². The van der Waals surface area contributed by atoms with E-state index in [1.807, 2.05) is 6.07 Å². The molecule has 2 fully saturated rings. The third kappa shape index (κ3) is 3.21. The van der Waals surface area contributed by atoms with Gasteiger partial charge in [-0.3, -0.25) is 4.90 Å². The van der Waals surface area contributed by atoms with E-state index in [2.05, 4.69) is 18.7 Å². The van der Waals surface area contributed by atoms with Crippen molar-refractivity contribution in [1.82, 2.24) is 9.21 Å². The average molecular weight is 347 g/mol. The molecular formula is C18H25N3O2S.